The van der Waals surface area contributed by atoms with Crippen LogP contribution in [0.1, 0.15) is 13.8 Å². The molecule has 0 saturated carbocycles. The Morgan fingerprint density at radius 1 is 0.680 bits per heavy atom. The number of benzene rings is 3. The molecule has 0 fully saturated rings. The fourth-order valence-electron chi connectivity index (χ4n) is 2.60. The molecule has 3 aromatic rings. The van der Waals surface area contributed by atoms with E-state index >= 15 is 0 Å². The van der Waals surface area contributed by atoms with E-state index in [0.717, 1.165) is 0 Å². The Kier molecular flexibility index (Phi) is 8.77. The van der Waals surface area contributed by atoms with Gasteiger partial charge in [0.15, 0.2) is 0 Å². The zero-order valence-electron chi connectivity index (χ0n) is 15.2. The molecule has 3 rings (SSSR count). The SMILES string of the molecule is CC(C)=CC[SiH2].c1cc[c]([Sn]([c]2ccccc2)[c]2ccccc2)cc1. The van der Waals surface area contributed by atoms with E-state index in [4.69, 9.17) is 0 Å². The second-order valence-electron chi connectivity index (χ2n) is 6.04. The third-order valence-electron chi connectivity index (χ3n) is 3.74. The van der Waals surface area contributed by atoms with Crippen molar-refractivity contribution in [1.82, 2.24) is 0 Å². The van der Waals surface area contributed by atoms with Gasteiger partial charge in [-0.3, -0.25) is 0 Å². The molecule has 0 bridgehead atoms. The van der Waals surface area contributed by atoms with Crippen LogP contribution in [0, 0.1) is 0 Å². The zero-order chi connectivity index (χ0) is 17.9. The summed E-state index contributed by atoms with van der Waals surface area (Å²) in [6.45, 7) is 4.24. The predicted octanol–water partition coefficient (Wildman–Crippen LogP) is 3.21. The zero-order valence-corrected chi connectivity index (χ0v) is 19.4. The first-order chi connectivity index (χ1) is 12.2. The molecule has 0 aromatic heterocycles. The molecule has 0 saturated heterocycles. The van der Waals surface area contributed by atoms with Crippen LogP contribution in [-0.2, 0) is 0 Å². The van der Waals surface area contributed by atoms with Crippen LogP contribution in [0.4, 0.5) is 0 Å². The third kappa shape index (κ3) is 6.67. The fraction of sp³-hybridized carbons (Fsp3) is 0.130. The van der Waals surface area contributed by atoms with Crippen molar-refractivity contribution in [3.05, 3.63) is 103 Å². The Labute approximate surface area is 162 Å². The van der Waals surface area contributed by atoms with Crippen molar-refractivity contribution < 1.29 is 0 Å². The second-order valence-corrected chi connectivity index (χ2v) is 13.7. The van der Waals surface area contributed by atoms with Crippen molar-refractivity contribution in [3.8, 4) is 0 Å². The minimum absolute atomic E-state index is 1.20. The van der Waals surface area contributed by atoms with E-state index in [-0.39, 0.29) is 0 Å². The third-order valence-corrected chi connectivity index (χ3v) is 11.8. The standard InChI is InChI=1S/3C6H5.C5H11Si.Sn/c3*1-2-4-6-5-3-1;1-5(2)3-4-6;/h3*1-5H;3H,4,6H2,1-2H3;. The molecule has 2 radical (unpaired) electrons. The van der Waals surface area contributed by atoms with Gasteiger partial charge in [0, 0.05) is 10.2 Å². The molecule has 25 heavy (non-hydrogen) atoms. The van der Waals surface area contributed by atoms with Gasteiger partial charge in [-0.15, -0.1) is 0 Å². The Bertz CT molecular complexity index is 654. The Balaban J connectivity index is 0.000000326. The first-order valence-electron chi connectivity index (χ1n) is 8.68. The molecule has 3 aromatic carbocycles. The Hall–Kier alpha value is -1.58. The van der Waals surface area contributed by atoms with Gasteiger partial charge in [0.2, 0.25) is 0 Å². The van der Waals surface area contributed by atoms with E-state index in [9.17, 15) is 0 Å². The predicted molar refractivity (Wildman–Crippen MR) is 117 cm³/mol. The maximum atomic E-state index is 2.29. The van der Waals surface area contributed by atoms with E-state index in [1.165, 1.54) is 22.4 Å². The number of hydrogen-bond acceptors (Lipinski definition) is 0. The summed E-state index contributed by atoms with van der Waals surface area (Å²) in [5.41, 5.74) is 1.42. The average Bonchev–Trinajstić information content (AvgIpc) is 2.65. The molecule has 126 valence electrons. The number of hydrogen-bond donors (Lipinski definition) is 0. The Morgan fingerprint density at radius 2 is 1.00 bits per heavy atom. The quantitative estimate of drug-likeness (QED) is 0.424. The minimum atomic E-state index is -1.98. The van der Waals surface area contributed by atoms with Crippen LogP contribution >= 0.6 is 0 Å². The molecule has 0 amide bonds. The molecule has 0 aliphatic rings. The van der Waals surface area contributed by atoms with Crippen LogP contribution in [0.5, 0.6) is 0 Å². The molecule has 0 atom stereocenters. The van der Waals surface area contributed by atoms with E-state index in [1.807, 2.05) is 10.2 Å². The average molecular weight is 449 g/mol. The van der Waals surface area contributed by atoms with Gasteiger partial charge in [-0.2, -0.15) is 0 Å². The second kappa shape index (κ2) is 11.1. The molecule has 0 aliphatic carbocycles. The molecule has 0 nitrogen and oxygen atoms in total. The van der Waals surface area contributed by atoms with Gasteiger partial charge in [-0.25, -0.2) is 0 Å². The van der Waals surface area contributed by atoms with Crippen molar-refractivity contribution in [2.75, 3.05) is 0 Å². The molecule has 0 N–H and O–H groups in total. The van der Waals surface area contributed by atoms with Crippen LogP contribution in [0.3, 0.4) is 0 Å². The fourth-order valence-corrected chi connectivity index (χ4v) is 10.5. The van der Waals surface area contributed by atoms with Crippen molar-refractivity contribution >= 4 is 40.7 Å². The van der Waals surface area contributed by atoms with Gasteiger partial charge in [0.25, 0.3) is 0 Å². The van der Waals surface area contributed by atoms with Gasteiger partial charge in [0.05, 0.1) is 0 Å². The molecule has 2 heteroatoms. The summed E-state index contributed by atoms with van der Waals surface area (Å²) in [5.74, 6) is 0. The molecular weight excluding hydrogens is 423 g/mol. The van der Waals surface area contributed by atoms with Gasteiger partial charge in [-0.1, -0.05) is 11.6 Å². The summed E-state index contributed by atoms with van der Waals surface area (Å²) in [4.78, 5) is 0. The van der Waals surface area contributed by atoms with E-state index in [2.05, 4.69) is 111 Å². The Morgan fingerprint density at radius 3 is 1.20 bits per heavy atom. The van der Waals surface area contributed by atoms with Crippen molar-refractivity contribution in [2.45, 2.75) is 19.9 Å². The van der Waals surface area contributed by atoms with Gasteiger partial charge >= 0.3 is 121 Å². The topological polar surface area (TPSA) is 0 Å². The summed E-state index contributed by atoms with van der Waals surface area (Å²) < 4.78 is 4.59. The van der Waals surface area contributed by atoms with Crippen LogP contribution in [0.15, 0.2) is 103 Å². The first kappa shape index (κ1) is 19.7. The summed E-state index contributed by atoms with van der Waals surface area (Å²) in [5, 5.41) is 0. The number of allylic oxidation sites excluding steroid dienone is 2. The van der Waals surface area contributed by atoms with E-state index in [0.29, 0.717) is 0 Å². The van der Waals surface area contributed by atoms with E-state index < -0.39 is 19.8 Å². The van der Waals surface area contributed by atoms with Crippen molar-refractivity contribution in [3.63, 3.8) is 0 Å². The normalized spacial score (nSPS) is 9.92. The molecule has 0 spiro atoms. The summed E-state index contributed by atoms with van der Waals surface area (Å²) in [6.07, 6.45) is 2.22. The van der Waals surface area contributed by atoms with Gasteiger partial charge < -0.3 is 0 Å². The summed E-state index contributed by atoms with van der Waals surface area (Å²) in [7, 11) is 1.98. The molecular formula is C23H26SiSn. The van der Waals surface area contributed by atoms with Crippen LogP contribution in [-0.4, -0.2) is 30.0 Å². The van der Waals surface area contributed by atoms with Crippen LogP contribution < -0.4 is 10.7 Å². The van der Waals surface area contributed by atoms with Gasteiger partial charge in [-0.05, 0) is 19.9 Å². The van der Waals surface area contributed by atoms with Crippen molar-refractivity contribution in [2.24, 2.45) is 0 Å². The summed E-state index contributed by atoms with van der Waals surface area (Å²) in [6, 6.07) is 34.1. The molecule has 0 aliphatic heterocycles. The van der Waals surface area contributed by atoms with Crippen LogP contribution in [0.2, 0.25) is 6.04 Å². The maximum absolute atomic E-state index is 2.29. The van der Waals surface area contributed by atoms with Crippen LogP contribution in [0.25, 0.3) is 0 Å². The summed E-state index contributed by atoms with van der Waals surface area (Å²) >= 11 is -1.98. The molecule has 0 unspecified atom stereocenters. The van der Waals surface area contributed by atoms with E-state index in [1.54, 1.807) is 0 Å². The number of rotatable bonds is 4. The van der Waals surface area contributed by atoms with Crippen molar-refractivity contribution in [1.29, 1.82) is 0 Å². The first-order valence-corrected chi connectivity index (χ1v) is 14.0. The van der Waals surface area contributed by atoms with Gasteiger partial charge in [0.1, 0.15) is 0 Å². The monoisotopic (exact) mass is 450 g/mol. The molecule has 0 heterocycles.